The van der Waals surface area contributed by atoms with Crippen molar-refractivity contribution < 1.29 is 19.0 Å². The zero-order valence-electron chi connectivity index (χ0n) is 10.8. The molecule has 2 N–H and O–H groups in total. The molecule has 1 aromatic carbocycles. The second-order valence-corrected chi connectivity index (χ2v) is 4.02. The van der Waals surface area contributed by atoms with Crippen molar-refractivity contribution in [3.8, 4) is 11.5 Å². The van der Waals surface area contributed by atoms with Gasteiger partial charge in [-0.05, 0) is 24.6 Å². The van der Waals surface area contributed by atoms with E-state index in [1.54, 1.807) is 6.92 Å². The van der Waals surface area contributed by atoms with Crippen LogP contribution in [-0.2, 0) is 9.53 Å². The van der Waals surface area contributed by atoms with E-state index < -0.39 is 0 Å². The zero-order valence-corrected chi connectivity index (χ0v) is 11.6. The van der Waals surface area contributed by atoms with E-state index in [-0.39, 0.29) is 30.8 Å². The highest BCUT2D eigenvalue weighted by Crippen LogP contribution is 2.32. The fourth-order valence-corrected chi connectivity index (χ4v) is 1.81. The molecule has 6 heteroatoms. The number of nitrogens with two attached hydrogens (primary N) is 1. The Morgan fingerprint density at radius 1 is 1.37 bits per heavy atom. The Morgan fingerprint density at radius 3 is 2.74 bits per heavy atom. The van der Waals surface area contributed by atoms with Crippen LogP contribution in [0.4, 0.5) is 0 Å². The van der Waals surface area contributed by atoms with Gasteiger partial charge in [0.2, 0.25) is 0 Å². The average Bonchev–Trinajstić information content (AvgIpc) is 2.38. The Bertz CT molecular complexity index is 439. The maximum atomic E-state index is 11.4. The quantitative estimate of drug-likeness (QED) is 0.856. The summed E-state index contributed by atoms with van der Waals surface area (Å²) in [5.41, 5.74) is 6.80. The van der Waals surface area contributed by atoms with Crippen molar-refractivity contribution in [1.82, 2.24) is 0 Å². The van der Waals surface area contributed by atoms with Crippen LogP contribution in [0.25, 0.3) is 0 Å². The monoisotopic (exact) mass is 287 g/mol. The summed E-state index contributed by atoms with van der Waals surface area (Å²) >= 11 is 0. The SMILES string of the molecule is CCOC(=O)C[C@H](N)c1ccc2c(c1)OCCO2.Cl. The van der Waals surface area contributed by atoms with E-state index in [0.29, 0.717) is 31.3 Å². The third-order valence-electron chi connectivity index (χ3n) is 2.69. The first-order chi connectivity index (χ1) is 8.70. The van der Waals surface area contributed by atoms with Crippen molar-refractivity contribution in [3.05, 3.63) is 23.8 Å². The van der Waals surface area contributed by atoms with Gasteiger partial charge >= 0.3 is 5.97 Å². The molecule has 0 spiro atoms. The molecule has 0 amide bonds. The summed E-state index contributed by atoms with van der Waals surface area (Å²) in [7, 11) is 0. The number of fused-ring (bicyclic) bond motifs is 1. The predicted molar refractivity (Wildman–Crippen MR) is 72.9 cm³/mol. The molecule has 0 saturated heterocycles. The minimum atomic E-state index is -0.389. The van der Waals surface area contributed by atoms with Gasteiger partial charge in [-0.2, -0.15) is 0 Å². The number of hydrogen-bond donors (Lipinski definition) is 1. The van der Waals surface area contributed by atoms with Crippen molar-refractivity contribution in [2.75, 3.05) is 19.8 Å². The van der Waals surface area contributed by atoms with Gasteiger partial charge < -0.3 is 19.9 Å². The van der Waals surface area contributed by atoms with Gasteiger partial charge in [0.25, 0.3) is 0 Å². The van der Waals surface area contributed by atoms with Crippen molar-refractivity contribution in [3.63, 3.8) is 0 Å². The summed E-state index contributed by atoms with van der Waals surface area (Å²) in [6.45, 7) is 3.23. The van der Waals surface area contributed by atoms with Crippen LogP contribution < -0.4 is 15.2 Å². The Morgan fingerprint density at radius 2 is 2.05 bits per heavy atom. The lowest BCUT2D eigenvalue weighted by molar-refractivity contribution is -0.143. The zero-order chi connectivity index (χ0) is 13.0. The molecule has 0 bridgehead atoms. The predicted octanol–water partition coefficient (Wildman–Crippen LogP) is 1.83. The van der Waals surface area contributed by atoms with Crippen LogP contribution >= 0.6 is 12.4 Å². The topological polar surface area (TPSA) is 70.8 Å². The highest BCUT2D eigenvalue weighted by Gasteiger charge is 2.17. The minimum Gasteiger partial charge on any atom is -0.486 e. The standard InChI is InChI=1S/C13H17NO4.ClH/c1-2-16-13(15)8-10(14)9-3-4-11-12(7-9)18-6-5-17-11;/h3-4,7,10H,2,5-6,8,14H2,1H3;1H/t10-;/m0./s1. The summed E-state index contributed by atoms with van der Waals surface area (Å²) in [6, 6.07) is 5.09. The van der Waals surface area contributed by atoms with Gasteiger partial charge in [0, 0.05) is 6.04 Å². The van der Waals surface area contributed by atoms with Gasteiger partial charge in [-0.3, -0.25) is 4.79 Å². The maximum Gasteiger partial charge on any atom is 0.307 e. The average molecular weight is 288 g/mol. The van der Waals surface area contributed by atoms with Crippen LogP contribution in [0.5, 0.6) is 11.5 Å². The number of carbonyl (C=O) groups is 1. The van der Waals surface area contributed by atoms with Crippen molar-refractivity contribution in [1.29, 1.82) is 0 Å². The summed E-state index contributed by atoms with van der Waals surface area (Å²) in [4.78, 5) is 11.4. The highest BCUT2D eigenvalue weighted by atomic mass is 35.5. The van der Waals surface area contributed by atoms with Crippen LogP contribution in [0.2, 0.25) is 0 Å². The van der Waals surface area contributed by atoms with Gasteiger partial charge in [-0.25, -0.2) is 0 Å². The van der Waals surface area contributed by atoms with Crippen molar-refractivity contribution >= 4 is 18.4 Å². The minimum absolute atomic E-state index is 0. The number of benzene rings is 1. The van der Waals surface area contributed by atoms with Crippen LogP contribution in [0.1, 0.15) is 24.9 Å². The molecule has 0 saturated carbocycles. The molecule has 1 atom stereocenters. The number of hydrogen-bond acceptors (Lipinski definition) is 5. The fraction of sp³-hybridized carbons (Fsp3) is 0.462. The number of ether oxygens (including phenoxy) is 3. The summed E-state index contributed by atoms with van der Waals surface area (Å²) < 4.78 is 15.8. The molecular formula is C13H18ClNO4. The van der Waals surface area contributed by atoms with Gasteiger partial charge in [-0.1, -0.05) is 6.07 Å². The van der Waals surface area contributed by atoms with E-state index in [2.05, 4.69) is 0 Å². The Labute approximate surface area is 118 Å². The smallest absolute Gasteiger partial charge is 0.307 e. The third-order valence-corrected chi connectivity index (χ3v) is 2.69. The summed E-state index contributed by atoms with van der Waals surface area (Å²) in [5, 5.41) is 0. The number of carbonyl (C=O) groups excluding carboxylic acids is 1. The van der Waals surface area contributed by atoms with Crippen molar-refractivity contribution in [2.24, 2.45) is 5.73 Å². The van der Waals surface area contributed by atoms with Crippen LogP contribution in [0, 0.1) is 0 Å². The van der Waals surface area contributed by atoms with Crippen LogP contribution in [0.3, 0.4) is 0 Å². The molecule has 5 nitrogen and oxygen atoms in total. The lowest BCUT2D eigenvalue weighted by Gasteiger charge is -2.20. The van der Waals surface area contributed by atoms with E-state index in [1.807, 2.05) is 18.2 Å². The lowest BCUT2D eigenvalue weighted by atomic mass is 10.0. The molecule has 0 aliphatic carbocycles. The lowest BCUT2D eigenvalue weighted by Crippen LogP contribution is -2.19. The molecule has 106 valence electrons. The third kappa shape index (κ3) is 4.01. The molecular weight excluding hydrogens is 270 g/mol. The Balaban J connectivity index is 0.00000180. The molecule has 1 aliphatic rings. The first-order valence-corrected chi connectivity index (χ1v) is 6.01. The summed E-state index contributed by atoms with van der Waals surface area (Å²) in [5.74, 6) is 1.10. The van der Waals surface area contributed by atoms with Gasteiger partial charge in [0.15, 0.2) is 11.5 Å². The molecule has 0 fully saturated rings. The second kappa shape index (κ2) is 7.21. The molecule has 0 unspecified atom stereocenters. The normalized spacial score (nSPS) is 14.2. The molecule has 0 radical (unpaired) electrons. The van der Waals surface area contributed by atoms with E-state index in [9.17, 15) is 4.79 Å². The molecule has 1 aromatic rings. The number of halogens is 1. The summed E-state index contributed by atoms with van der Waals surface area (Å²) in [6.07, 6.45) is 0.160. The van der Waals surface area contributed by atoms with Gasteiger partial charge in [-0.15, -0.1) is 12.4 Å². The molecule has 19 heavy (non-hydrogen) atoms. The highest BCUT2D eigenvalue weighted by molar-refractivity contribution is 5.85. The molecule has 1 heterocycles. The van der Waals surface area contributed by atoms with Gasteiger partial charge in [0.1, 0.15) is 13.2 Å². The Hall–Kier alpha value is -1.46. The van der Waals surface area contributed by atoms with E-state index in [0.717, 1.165) is 5.56 Å². The van der Waals surface area contributed by atoms with Crippen molar-refractivity contribution in [2.45, 2.75) is 19.4 Å². The van der Waals surface area contributed by atoms with E-state index in [1.165, 1.54) is 0 Å². The van der Waals surface area contributed by atoms with E-state index >= 15 is 0 Å². The molecule has 1 aliphatic heterocycles. The van der Waals surface area contributed by atoms with Gasteiger partial charge in [0.05, 0.1) is 13.0 Å². The number of esters is 1. The molecule has 0 aromatic heterocycles. The maximum absolute atomic E-state index is 11.4. The van der Waals surface area contributed by atoms with Crippen LogP contribution in [0.15, 0.2) is 18.2 Å². The second-order valence-electron chi connectivity index (χ2n) is 4.02. The first kappa shape index (κ1) is 15.6. The first-order valence-electron chi connectivity index (χ1n) is 6.01. The largest absolute Gasteiger partial charge is 0.486 e. The Kier molecular flexibility index (Phi) is 5.92. The number of rotatable bonds is 4. The van der Waals surface area contributed by atoms with E-state index in [4.69, 9.17) is 19.9 Å². The fourth-order valence-electron chi connectivity index (χ4n) is 1.81. The van der Waals surface area contributed by atoms with Crippen LogP contribution in [-0.4, -0.2) is 25.8 Å². The molecule has 2 rings (SSSR count).